The van der Waals surface area contributed by atoms with Crippen molar-refractivity contribution < 1.29 is 9.59 Å². The Kier molecular flexibility index (Phi) is 6.13. The van der Waals surface area contributed by atoms with Gasteiger partial charge in [-0.15, -0.1) is 0 Å². The highest BCUT2D eigenvalue weighted by Crippen LogP contribution is 2.26. The third kappa shape index (κ3) is 4.83. The standard InChI is InChI=1S/C24H27N5O2/c1-27(2)17-22-25-12-13-28(22)20-8-10-21(11-9-20)29-16-18(14-23(29)30)15-26-24(31)19-6-4-3-5-7-19/h3-13,18H,14-17H2,1-2H3,(H,26,31). The van der Waals surface area contributed by atoms with E-state index in [1.165, 1.54) is 0 Å². The molecule has 1 saturated heterocycles. The number of hydrogen-bond acceptors (Lipinski definition) is 4. The van der Waals surface area contributed by atoms with Gasteiger partial charge in [-0.25, -0.2) is 4.98 Å². The van der Waals surface area contributed by atoms with Gasteiger partial charge in [0, 0.05) is 54.8 Å². The van der Waals surface area contributed by atoms with Crippen molar-refractivity contribution in [1.29, 1.82) is 0 Å². The molecular formula is C24H27N5O2. The molecule has 0 saturated carbocycles. The molecule has 0 radical (unpaired) electrons. The molecule has 0 spiro atoms. The molecule has 1 aliphatic rings. The molecule has 1 aromatic heterocycles. The average Bonchev–Trinajstić information content (AvgIpc) is 3.38. The molecule has 0 bridgehead atoms. The maximum absolute atomic E-state index is 12.6. The summed E-state index contributed by atoms with van der Waals surface area (Å²) in [5.74, 6) is 1.04. The SMILES string of the molecule is CN(C)Cc1nccn1-c1ccc(N2CC(CNC(=O)c3ccccc3)CC2=O)cc1. The van der Waals surface area contributed by atoms with E-state index in [0.29, 0.717) is 25.1 Å². The van der Waals surface area contributed by atoms with Crippen molar-refractivity contribution in [1.82, 2.24) is 19.8 Å². The first kappa shape index (κ1) is 20.8. The molecule has 2 amide bonds. The molecular weight excluding hydrogens is 390 g/mol. The Bertz CT molecular complexity index is 1040. The summed E-state index contributed by atoms with van der Waals surface area (Å²) in [5, 5.41) is 2.95. The Hall–Kier alpha value is -3.45. The topological polar surface area (TPSA) is 70.5 Å². The molecule has 31 heavy (non-hydrogen) atoms. The first-order valence-electron chi connectivity index (χ1n) is 10.4. The van der Waals surface area contributed by atoms with Crippen LogP contribution < -0.4 is 10.2 Å². The van der Waals surface area contributed by atoms with Crippen LogP contribution in [0.3, 0.4) is 0 Å². The van der Waals surface area contributed by atoms with Gasteiger partial charge in [0.1, 0.15) is 5.82 Å². The van der Waals surface area contributed by atoms with Crippen LogP contribution in [-0.4, -0.2) is 53.5 Å². The zero-order valence-corrected chi connectivity index (χ0v) is 17.9. The summed E-state index contributed by atoms with van der Waals surface area (Å²) in [6.45, 7) is 1.83. The Balaban J connectivity index is 1.38. The predicted octanol–water partition coefficient (Wildman–Crippen LogP) is 2.72. The van der Waals surface area contributed by atoms with Crippen LogP contribution in [0.15, 0.2) is 67.0 Å². The Labute approximate surface area is 182 Å². The summed E-state index contributed by atoms with van der Waals surface area (Å²) in [7, 11) is 4.03. The van der Waals surface area contributed by atoms with Crippen LogP contribution in [0.5, 0.6) is 0 Å². The smallest absolute Gasteiger partial charge is 0.251 e. The Morgan fingerprint density at radius 2 is 1.81 bits per heavy atom. The van der Waals surface area contributed by atoms with Crippen molar-refractivity contribution >= 4 is 17.5 Å². The molecule has 160 valence electrons. The summed E-state index contributed by atoms with van der Waals surface area (Å²) in [5.41, 5.74) is 2.52. The van der Waals surface area contributed by atoms with E-state index < -0.39 is 0 Å². The summed E-state index contributed by atoms with van der Waals surface area (Å²) in [6, 6.07) is 17.1. The van der Waals surface area contributed by atoms with Gasteiger partial charge in [0.15, 0.2) is 0 Å². The monoisotopic (exact) mass is 417 g/mol. The third-order valence-electron chi connectivity index (χ3n) is 5.41. The van der Waals surface area contributed by atoms with Crippen LogP contribution in [0.25, 0.3) is 5.69 Å². The number of nitrogens with zero attached hydrogens (tertiary/aromatic N) is 4. The van der Waals surface area contributed by atoms with Crippen LogP contribution in [0.1, 0.15) is 22.6 Å². The highest BCUT2D eigenvalue weighted by atomic mass is 16.2. The first-order chi connectivity index (χ1) is 15.0. The lowest BCUT2D eigenvalue weighted by Crippen LogP contribution is -2.31. The molecule has 7 heteroatoms. The molecule has 2 heterocycles. The molecule has 1 aliphatic heterocycles. The van der Waals surface area contributed by atoms with Crippen LogP contribution in [0.4, 0.5) is 5.69 Å². The highest BCUT2D eigenvalue weighted by Gasteiger charge is 2.30. The third-order valence-corrected chi connectivity index (χ3v) is 5.41. The molecule has 4 rings (SSSR count). The lowest BCUT2D eigenvalue weighted by Gasteiger charge is -2.18. The Morgan fingerprint density at radius 3 is 2.52 bits per heavy atom. The maximum atomic E-state index is 12.6. The number of anilines is 1. The van der Waals surface area contributed by atoms with Gasteiger partial charge in [0.05, 0.1) is 6.54 Å². The van der Waals surface area contributed by atoms with Gasteiger partial charge in [-0.1, -0.05) is 18.2 Å². The molecule has 1 fully saturated rings. The zero-order valence-electron chi connectivity index (χ0n) is 17.9. The number of carbonyl (C=O) groups is 2. The molecule has 1 N–H and O–H groups in total. The number of amides is 2. The molecule has 1 unspecified atom stereocenters. The van der Waals surface area contributed by atoms with Gasteiger partial charge in [-0.05, 0) is 50.5 Å². The fourth-order valence-corrected chi connectivity index (χ4v) is 3.86. The largest absolute Gasteiger partial charge is 0.352 e. The van der Waals surface area contributed by atoms with Gasteiger partial charge < -0.3 is 19.7 Å². The number of hydrogen-bond donors (Lipinski definition) is 1. The Morgan fingerprint density at radius 1 is 1.10 bits per heavy atom. The van der Waals surface area contributed by atoms with E-state index in [1.807, 2.05) is 62.8 Å². The number of nitrogens with one attached hydrogen (secondary N) is 1. The normalized spacial score (nSPS) is 16.2. The van der Waals surface area contributed by atoms with Crippen molar-refractivity contribution in [2.75, 3.05) is 32.1 Å². The number of aromatic nitrogens is 2. The second kappa shape index (κ2) is 9.14. The van der Waals surface area contributed by atoms with Gasteiger partial charge in [-0.2, -0.15) is 0 Å². The van der Waals surface area contributed by atoms with Crippen molar-refractivity contribution in [2.45, 2.75) is 13.0 Å². The number of imidazole rings is 1. The molecule has 0 aliphatic carbocycles. The average molecular weight is 418 g/mol. The second-order valence-corrected chi connectivity index (χ2v) is 8.12. The lowest BCUT2D eigenvalue weighted by molar-refractivity contribution is -0.117. The van der Waals surface area contributed by atoms with Crippen molar-refractivity contribution in [3.05, 3.63) is 78.4 Å². The predicted molar refractivity (Wildman–Crippen MR) is 120 cm³/mol. The van der Waals surface area contributed by atoms with Crippen molar-refractivity contribution in [2.24, 2.45) is 5.92 Å². The fraction of sp³-hybridized carbons (Fsp3) is 0.292. The van der Waals surface area contributed by atoms with Gasteiger partial charge >= 0.3 is 0 Å². The zero-order chi connectivity index (χ0) is 21.8. The van der Waals surface area contributed by atoms with E-state index in [-0.39, 0.29) is 17.7 Å². The number of carbonyl (C=O) groups excluding carboxylic acids is 2. The summed E-state index contributed by atoms with van der Waals surface area (Å²) < 4.78 is 2.05. The van der Waals surface area contributed by atoms with E-state index in [2.05, 4.69) is 19.8 Å². The number of benzene rings is 2. The minimum atomic E-state index is -0.107. The van der Waals surface area contributed by atoms with Gasteiger partial charge in [-0.3, -0.25) is 9.59 Å². The first-order valence-corrected chi connectivity index (χ1v) is 10.4. The minimum absolute atomic E-state index is 0.0858. The van der Waals surface area contributed by atoms with Crippen LogP contribution in [0.2, 0.25) is 0 Å². The molecule has 7 nitrogen and oxygen atoms in total. The molecule has 1 atom stereocenters. The second-order valence-electron chi connectivity index (χ2n) is 8.12. The molecule has 3 aromatic rings. The quantitative estimate of drug-likeness (QED) is 0.642. The minimum Gasteiger partial charge on any atom is -0.352 e. The highest BCUT2D eigenvalue weighted by molar-refractivity contribution is 5.96. The van der Waals surface area contributed by atoms with Gasteiger partial charge in [0.2, 0.25) is 5.91 Å². The summed E-state index contributed by atoms with van der Waals surface area (Å²) in [4.78, 5) is 33.2. The maximum Gasteiger partial charge on any atom is 0.251 e. The van der Waals surface area contributed by atoms with E-state index in [9.17, 15) is 9.59 Å². The van der Waals surface area contributed by atoms with E-state index in [1.54, 1.807) is 23.2 Å². The van der Waals surface area contributed by atoms with Crippen LogP contribution in [0, 0.1) is 5.92 Å². The summed E-state index contributed by atoms with van der Waals surface area (Å²) >= 11 is 0. The van der Waals surface area contributed by atoms with E-state index in [4.69, 9.17) is 0 Å². The fourth-order valence-electron chi connectivity index (χ4n) is 3.86. The summed E-state index contributed by atoms with van der Waals surface area (Å²) in [6.07, 6.45) is 4.18. The van der Waals surface area contributed by atoms with E-state index >= 15 is 0 Å². The van der Waals surface area contributed by atoms with Crippen molar-refractivity contribution in [3.63, 3.8) is 0 Å². The molecule has 2 aromatic carbocycles. The lowest BCUT2D eigenvalue weighted by atomic mass is 10.1. The van der Waals surface area contributed by atoms with Crippen LogP contribution >= 0.6 is 0 Å². The number of rotatable bonds is 7. The van der Waals surface area contributed by atoms with Crippen molar-refractivity contribution in [3.8, 4) is 5.69 Å². The van der Waals surface area contributed by atoms with Crippen LogP contribution in [-0.2, 0) is 11.3 Å². The van der Waals surface area contributed by atoms with E-state index in [0.717, 1.165) is 23.7 Å². The van der Waals surface area contributed by atoms with Gasteiger partial charge in [0.25, 0.3) is 5.91 Å².